The Balaban J connectivity index is 1.32. The van der Waals surface area contributed by atoms with Gasteiger partial charge in [-0.05, 0) is 64.4 Å². The van der Waals surface area contributed by atoms with Crippen LogP contribution in [-0.4, -0.2) is 28.2 Å². The number of fused-ring (bicyclic) bond motifs is 2. The van der Waals surface area contributed by atoms with Gasteiger partial charge in [0.2, 0.25) is 5.91 Å². The van der Waals surface area contributed by atoms with Gasteiger partial charge in [-0.1, -0.05) is 42.5 Å². The number of aromatic nitrogens is 1. The molecule has 1 aliphatic heterocycles. The molecule has 0 unspecified atom stereocenters. The maximum atomic E-state index is 13.4. The standard InChI is InChI=1S/C28H25N3O2S/c1-19-26(17-30-27(32)12-11-22-8-5-15-34-22)24-13-14-31(18-21(24)16-29-19)28(33)25-10-4-7-20-6-2-3-9-23(20)25/h2-12,15-16H,13-14,17-18H2,1H3,(H,30,32). The Labute approximate surface area is 202 Å². The SMILES string of the molecule is Cc1ncc2c(c1CNC(=O)C=Cc1cccs1)CCN(C(=O)c1cccc3ccccc13)C2. The van der Waals surface area contributed by atoms with E-state index in [-0.39, 0.29) is 11.8 Å². The first-order chi connectivity index (χ1) is 16.6. The van der Waals surface area contributed by atoms with Crippen molar-refractivity contribution in [3.8, 4) is 0 Å². The molecule has 1 N–H and O–H groups in total. The average molecular weight is 468 g/mol. The van der Waals surface area contributed by atoms with Crippen molar-refractivity contribution >= 4 is 40.0 Å². The van der Waals surface area contributed by atoms with Crippen LogP contribution in [0.25, 0.3) is 16.8 Å². The second kappa shape index (κ2) is 9.61. The first-order valence-electron chi connectivity index (χ1n) is 11.3. The highest BCUT2D eigenvalue weighted by Gasteiger charge is 2.25. The number of rotatable bonds is 5. The summed E-state index contributed by atoms with van der Waals surface area (Å²) in [4.78, 5) is 33.2. The molecule has 170 valence electrons. The molecular weight excluding hydrogens is 442 g/mol. The molecule has 0 saturated heterocycles. The predicted octanol–water partition coefficient (Wildman–Crippen LogP) is 5.13. The number of hydrogen-bond donors (Lipinski definition) is 1. The van der Waals surface area contributed by atoms with E-state index in [4.69, 9.17) is 0 Å². The quantitative estimate of drug-likeness (QED) is 0.414. The van der Waals surface area contributed by atoms with Crippen LogP contribution in [0.5, 0.6) is 0 Å². The molecule has 0 saturated carbocycles. The van der Waals surface area contributed by atoms with E-state index in [2.05, 4.69) is 10.3 Å². The van der Waals surface area contributed by atoms with Crippen LogP contribution in [-0.2, 0) is 24.3 Å². The number of hydrogen-bond acceptors (Lipinski definition) is 4. The van der Waals surface area contributed by atoms with Gasteiger partial charge in [-0.25, -0.2) is 0 Å². The molecule has 0 aliphatic carbocycles. The van der Waals surface area contributed by atoms with Crippen LogP contribution in [0.3, 0.4) is 0 Å². The van der Waals surface area contributed by atoms with E-state index < -0.39 is 0 Å². The third-order valence-corrected chi connectivity index (χ3v) is 7.12. The molecule has 2 amide bonds. The summed E-state index contributed by atoms with van der Waals surface area (Å²) in [6.45, 7) is 3.55. The van der Waals surface area contributed by atoms with Crippen molar-refractivity contribution in [1.29, 1.82) is 0 Å². The molecule has 2 aromatic carbocycles. The summed E-state index contributed by atoms with van der Waals surface area (Å²) in [5.74, 6) is -0.0921. The van der Waals surface area contributed by atoms with Crippen molar-refractivity contribution in [2.24, 2.45) is 0 Å². The maximum absolute atomic E-state index is 13.4. The fraction of sp³-hybridized carbons (Fsp3) is 0.179. The van der Waals surface area contributed by atoms with Crippen LogP contribution in [0.15, 0.2) is 72.3 Å². The molecule has 0 atom stereocenters. The predicted molar refractivity (Wildman–Crippen MR) is 137 cm³/mol. The Hall–Kier alpha value is -3.77. The smallest absolute Gasteiger partial charge is 0.254 e. The molecule has 0 fully saturated rings. The number of carbonyl (C=O) groups excluding carboxylic acids is 2. The largest absolute Gasteiger partial charge is 0.348 e. The van der Waals surface area contributed by atoms with Crippen molar-refractivity contribution in [2.75, 3.05) is 6.54 Å². The highest BCUT2D eigenvalue weighted by Crippen LogP contribution is 2.27. The molecule has 3 heterocycles. The van der Waals surface area contributed by atoms with Crippen molar-refractivity contribution in [3.63, 3.8) is 0 Å². The number of thiophene rings is 1. The summed E-state index contributed by atoms with van der Waals surface area (Å²) in [6.07, 6.45) is 6.00. The molecule has 4 aromatic rings. The molecule has 34 heavy (non-hydrogen) atoms. The molecule has 6 heteroatoms. The van der Waals surface area contributed by atoms with E-state index >= 15 is 0 Å². The maximum Gasteiger partial charge on any atom is 0.254 e. The van der Waals surface area contributed by atoms with E-state index in [0.717, 1.165) is 44.5 Å². The Kier molecular flexibility index (Phi) is 6.23. The minimum atomic E-state index is -0.131. The summed E-state index contributed by atoms with van der Waals surface area (Å²) >= 11 is 1.59. The number of nitrogens with zero attached hydrogens (tertiary/aromatic N) is 2. The van der Waals surface area contributed by atoms with Crippen molar-refractivity contribution in [1.82, 2.24) is 15.2 Å². The second-order valence-electron chi connectivity index (χ2n) is 8.40. The molecule has 5 rings (SSSR count). The Morgan fingerprint density at radius 3 is 2.82 bits per heavy atom. The molecular formula is C28H25N3O2S. The van der Waals surface area contributed by atoms with Crippen molar-refractivity contribution in [2.45, 2.75) is 26.4 Å². The minimum Gasteiger partial charge on any atom is -0.348 e. The number of nitrogens with one attached hydrogen (secondary N) is 1. The lowest BCUT2D eigenvalue weighted by molar-refractivity contribution is -0.116. The molecule has 5 nitrogen and oxygen atoms in total. The Bertz CT molecular complexity index is 1390. The first kappa shape index (κ1) is 22.0. The molecule has 2 aromatic heterocycles. The van der Waals surface area contributed by atoms with Gasteiger partial charge in [0.25, 0.3) is 5.91 Å². The monoisotopic (exact) mass is 467 g/mol. The second-order valence-corrected chi connectivity index (χ2v) is 9.38. The van der Waals surface area contributed by atoms with Crippen LogP contribution in [0.2, 0.25) is 0 Å². The van der Waals surface area contributed by atoms with E-state index in [1.165, 1.54) is 5.56 Å². The summed E-state index contributed by atoms with van der Waals surface area (Å²) < 4.78 is 0. The normalized spacial score (nSPS) is 13.3. The van der Waals surface area contributed by atoms with Gasteiger partial charge >= 0.3 is 0 Å². The van der Waals surface area contributed by atoms with E-state index in [1.807, 2.05) is 84.1 Å². The Morgan fingerprint density at radius 2 is 1.97 bits per heavy atom. The fourth-order valence-electron chi connectivity index (χ4n) is 4.49. The van der Waals surface area contributed by atoms with Crippen LogP contribution < -0.4 is 5.32 Å². The molecule has 0 spiro atoms. The molecule has 0 radical (unpaired) electrons. The molecule has 1 aliphatic rings. The number of amides is 2. The van der Waals surface area contributed by atoms with Gasteiger partial charge in [-0.3, -0.25) is 14.6 Å². The van der Waals surface area contributed by atoms with Gasteiger partial charge in [-0.15, -0.1) is 11.3 Å². The third kappa shape index (κ3) is 4.50. The summed E-state index contributed by atoms with van der Waals surface area (Å²) in [6, 6.07) is 17.8. The van der Waals surface area contributed by atoms with Crippen LogP contribution in [0.4, 0.5) is 0 Å². The zero-order valence-corrected chi connectivity index (χ0v) is 19.8. The van der Waals surface area contributed by atoms with Gasteiger partial charge < -0.3 is 10.2 Å². The van der Waals surface area contributed by atoms with Gasteiger partial charge in [0, 0.05) is 48.0 Å². The minimum absolute atomic E-state index is 0.0385. The third-order valence-electron chi connectivity index (χ3n) is 6.28. The van der Waals surface area contributed by atoms with E-state index in [1.54, 1.807) is 17.4 Å². The zero-order valence-electron chi connectivity index (χ0n) is 19.0. The number of pyridine rings is 1. The Morgan fingerprint density at radius 1 is 1.12 bits per heavy atom. The van der Waals surface area contributed by atoms with E-state index in [0.29, 0.717) is 19.6 Å². The van der Waals surface area contributed by atoms with Crippen LogP contribution in [0, 0.1) is 6.92 Å². The van der Waals surface area contributed by atoms with E-state index in [9.17, 15) is 9.59 Å². The number of benzene rings is 2. The fourth-order valence-corrected chi connectivity index (χ4v) is 5.11. The van der Waals surface area contributed by atoms with Gasteiger partial charge in [0.15, 0.2) is 0 Å². The molecule has 0 bridgehead atoms. The summed E-state index contributed by atoms with van der Waals surface area (Å²) in [5, 5.41) is 7.01. The lowest BCUT2D eigenvalue weighted by atomic mass is 9.94. The summed E-state index contributed by atoms with van der Waals surface area (Å²) in [5.41, 5.74) is 4.93. The average Bonchev–Trinajstić information content (AvgIpc) is 3.39. The van der Waals surface area contributed by atoms with Crippen LogP contribution >= 0.6 is 11.3 Å². The highest BCUT2D eigenvalue weighted by molar-refractivity contribution is 7.10. The first-order valence-corrected chi connectivity index (χ1v) is 12.2. The van der Waals surface area contributed by atoms with Gasteiger partial charge in [-0.2, -0.15) is 0 Å². The highest BCUT2D eigenvalue weighted by atomic mass is 32.1. The number of aryl methyl sites for hydroxylation is 1. The van der Waals surface area contributed by atoms with Gasteiger partial charge in [0.1, 0.15) is 0 Å². The lowest BCUT2D eigenvalue weighted by Gasteiger charge is -2.31. The summed E-state index contributed by atoms with van der Waals surface area (Å²) in [7, 11) is 0. The van der Waals surface area contributed by atoms with Crippen LogP contribution in [0.1, 0.15) is 37.6 Å². The van der Waals surface area contributed by atoms with Crippen molar-refractivity contribution < 1.29 is 9.59 Å². The van der Waals surface area contributed by atoms with Gasteiger partial charge in [0.05, 0.1) is 0 Å². The lowest BCUT2D eigenvalue weighted by Crippen LogP contribution is -2.37. The number of carbonyl (C=O) groups is 2. The zero-order chi connectivity index (χ0) is 23.5. The topological polar surface area (TPSA) is 62.3 Å². The van der Waals surface area contributed by atoms with Crippen molar-refractivity contribution in [3.05, 3.63) is 105 Å².